The van der Waals surface area contributed by atoms with Crippen molar-refractivity contribution in [2.24, 2.45) is 0 Å². The third kappa shape index (κ3) is 4.80. The Morgan fingerprint density at radius 1 is 0.875 bits per heavy atom. The Morgan fingerprint density at radius 2 is 1.47 bits per heavy atom. The van der Waals surface area contributed by atoms with Gasteiger partial charge in [0.15, 0.2) is 23.0 Å². The van der Waals surface area contributed by atoms with Gasteiger partial charge in [0.25, 0.3) is 11.1 Å². The van der Waals surface area contributed by atoms with Crippen molar-refractivity contribution in [3.05, 3.63) is 47.1 Å². The number of hydrogen-bond acceptors (Lipinski definition) is 7. The number of carbonyl (C=O) groups excluding carboxylic acids is 2. The van der Waals surface area contributed by atoms with Gasteiger partial charge in [-0.05, 0) is 94.5 Å². The Balaban J connectivity index is 2.22. The molecule has 1 N–H and O–H groups in total. The minimum atomic E-state index is -0.438. The summed E-state index contributed by atoms with van der Waals surface area (Å²) in [5.74, 6) is 1.68. The normalized spacial score (nSPS) is 14.5. The second kappa shape index (κ2) is 10.5. The molecule has 32 heavy (non-hydrogen) atoms. The number of halogens is 3. The molecule has 1 aliphatic rings. The summed E-state index contributed by atoms with van der Waals surface area (Å²) in [6.45, 7) is 0. The van der Waals surface area contributed by atoms with Gasteiger partial charge in [-0.1, -0.05) is 0 Å². The number of rotatable bonds is 7. The second-order valence-electron chi connectivity index (χ2n) is 6.42. The van der Waals surface area contributed by atoms with Crippen LogP contribution in [-0.4, -0.2) is 39.6 Å². The quantitative estimate of drug-likeness (QED) is 0.372. The van der Waals surface area contributed by atoms with Crippen LogP contribution in [0.15, 0.2) is 30.5 Å². The Hall–Kier alpha value is -1.69. The molecule has 1 aliphatic heterocycles. The fraction of sp³-hybridized carbons (Fsp3) is 0.238. The zero-order valence-corrected chi connectivity index (χ0v) is 23.0. The number of nitrogens with one attached hydrogen (secondary N) is 1. The van der Waals surface area contributed by atoms with Crippen LogP contribution in [0.2, 0.25) is 0 Å². The van der Waals surface area contributed by atoms with E-state index < -0.39 is 11.1 Å². The lowest BCUT2D eigenvalue weighted by atomic mass is 9.98. The fourth-order valence-electron chi connectivity index (χ4n) is 3.18. The summed E-state index contributed by atoms with van der Waals surface area (Å²) >= 11 is 11.7. The van der Waals surface area contributed by atoms with Gasteiger partial charge in [-0.2, -0.15) is 0 Å². The summed E-state index contributed by atoms with van der Waals surface area (Å²) in [6, 6.07) is 3.64. The van der Waals surface area contributed by atoms with Gasteiger partial charge in [-0.3, -0.25) is 14.9 Å². The van der Waals surface area contributed by atoms with Crippen molar-refractivity contribution in [1.29, 1.82) is 0 Å². The highest BCUT2D eigenvalue weighted by Gasteiger charge is 2.27. The lowest BCUT2D eigenvalue weighted by Crippen LogP contribution is -2.17. The highest BCUT2D eigenvalue weighted by molar-refractivity contribution is 9.13. The van der Waals surface area contributed by atoms with Crippen LogP contribution in [0.5, 0.6) is 23.0 Å². The van der Waals surface area contributed by atoms with Gasteiger partial charge in [0, 0.05) is 10.9 Å². The third-order valence-electron chi connectivity index (χ3n) is 4.67. The van der Waals surface area contributed by atoms with E-state index in [1.54, 1.807) is 33.5 Å². The van der Waals surface area contributed by atoms with E-state index >= 15 is 0 Å². The molecule has 1 saturated heterocycles. The Morgan fingerprint density at radius 3 is 2.00 bits per heavy atom. The van der Waals surface area contributed by atoms with Gasteiger partial charge in [-0.15, -0.1) is 0 Å². The molecule has 11 heteroatoms. The number of imide groups is 1. The molecule has 0 aromatic heterocycles. The summed E-state index contributed by atoms with van der Waals surface area (Å²) < 4.78 is 24.1. The molecule has 0 radical (unpaired) electrons. The van der Waals surface area contributed by atoms with Gasteiger partial charge in [-0.25, -0.2) is 0 Å². The van der Waals surface area contributed by atoms with Crippen molar-refractivity contribution in [3.8, 4) is 23.0 Å². The zero-order chi connectivity index (χ0) is 23.6. The summed E-state index contributed by atoms with van der Waals surface area (Å²) in [4.78, 5) is 24.1. The molecular weight excluding hydrogens is 634 g/mol. The van der Waals surface area contributed by atoms with E-state index in [-0.39, 0.29) is 0 Å². The van der Waals surface area contributed by atoms with Crippen molar-refractivity contribution in [2.45, 2.75) is 6.42 Å². The lowest BCUT2D eigenvalue weighted by Gasteiger charge is -2.19. The van der Waals surface area contributed by atoms with Gasteiger partial charge in [0.1, 0.15) is 0 Å². The van der Waals surface area contributed by atoms with E-state index in [4.69, 9.17) is 18.9 Å². The molecular formula is C21H18Br3NO6S. The Kier molecular flexibility index (Phi) is 8.18. The van der Waals surface area contributed by atoms with Crippen LogP contribution in [0.25, 0.3) is 6.08 Å². The molecule has 2 aromatic rings. The van der Waals surface area contributed by atoms with Crippen molar-refractivity contribution < 1.29 is 28.5 Å². The van der Waals surface area contributed by atoms with Crippen LogP contribution in [-0.2, 0) is 11.2 Å². The molecule has 3 rings (SSSR count). The van der Waals surface area contributed by atoms with Gasteiger partial charge >= 0.3 is 0 Å². The molecule has 0 saturated carbocycles. The first-order valence-electron chi connectivity index (χ1n) is 9.02. The number of thioether (sulfide) groups is 1. The van der Waals surface area contributed by atoms with Crippen molar-refractivity contribution >= 4 is 76.8 Å². The van der Waals surface area contributed by atoms with Crippen molar-refractivity contribution in [2.75, 3.05) is 28.4 Å². The highest BCUT2D eigenvalue weighted by Crippen LogP contribution is 2.46. The first-order chi connectivity index (χ1) is 15.2. The highest BCUT2D eigenvalue weighted by atomic mass is 79.9. The number of carbonyl (C=O) groups is 2. The van der Waals surface area contributed by atoms with E-state index in [1.165, 1.54) is 7.11 Å². The summed E-state index contributed by atoms with van der Waals surface area (Å²) in [7, 11) is 6.21. The van der Waals surface area contributed by atoms with E-state index in [0.717, 1.165) is 27.4 Å². The van der Waals surface area contributed by atoms with Crippen LogP contribution >= 0.6 is 59.6 Å². The maximum Gasteiger partial charge on any atom is 0.290 e. The van der Waals surface area contributed by atoms with Crippen LogP contribution in [0, 0.1) is 0 Å². The van der Waals surface area contributed by atoms with E-state index in [2.05, 4.69) is 53.1 Å². The third-order valence-corrected chi connectivity index (χ3v) is 8.51. The number of amides is 2. The van der Waals surface area contributed by atoms with Crippen LogP contribution in [0.1, 0.15) is 16.7 Å². The standard InChI is InChI=1S/C21H18Br3NO6S/c1-28-12-6-9(8-14-20(26)25-21(27)32-14)11(16(23)18(12)30-3)5-10-7-13(29-2)19(31-4)17(24)15(10)22/h6-8H,5H2,1-4H3,(H,25,26,27). The number of hydrogen-bond donors (Lipinski definition) is 1. The minimum absolute atomic E-state index is 0.294. The first-order valence-corrected chi connectivity index (χ1v) is 12.2. The SMILES string of the molecule is COc1cc(Cc2c(C=C3SC(=O)NC3=O)cc(OC)c(OC)c2Br)c(Br)c(Br)c1OC. The Labute approximate surface area is 214 Å². The molecule has 1 heterocycles. The van der Waals surface area contributed by atoms with E-state index in [0.29, 0.717) is 48.8 Å². The molecule has 0 atom stereocenters. The minimum Gasteiger partial charge on any atom is -0.493 e. The largest absolute Gasteiger partial charge is 0.493 e. The predicted octanol–water partition coefficient (Wildman–Crippen LogP) is 5.92. The zero-order valence-electron chi connectivity index (χ0n) is 17.4. The summed E-state index contributed by atoms with van der Waals surface area (Å²) in [6.07, 6.45) is 2.09. The predicted molar refractivity (Wildman–Crippen MR) is 134 cm³/mol. The number of benzene rings is 2. The lowest BCUT2D eigenvalue weighted by molar-refractivity contribution is -0.115. The van der Waals surface area contributed by atoms with E-state index in [1.807, 2.05) is 6.07 Å². The topological polar surface area (TPSA) is 83.1 Å². The van der Waals surface area contributed by atoms with Crippen LogP contribution in [0.4, 0.5) is 4.79 Å². The van der Waals surface area contributed by atoms with Crippen molar-refractivity contribution in [3.63, 3.8) is 0 Å². The average Bonchev–Trinajstić information content (AvgIpc) is 3.09. The molecule has 1 fully saturated rings. The maximum atomic E-state index is 12.1. The maximum absolute atomic E-state index is 12.1. The first kappa shape index (κ1) is 24.9. The van der Waals surface area contributed by atoms with Gasteiger partial charge in [0.05, 0.1) is 42.3 Å². The summed E-state index contributed by atoms with van der Waals surface area (Å²) in [5.41, 5.74) is 2.41. The van der Waals surface area contributed by atoms with Gasteiger partial charge < -0.3 is 18.9 Å². The monoisotopic (exact) mass is 649 g/mol. The smallest absolute Gasteiger partial charge is 0.290 e. The summed E-state index contributed by atoms with van der Waals surface area (Å²) in [5, 5.41) is 1.86. The van der Waals surface area contributed by atoms with Crippen LogP contribution in [0.3, 0.4) is 0 Å². The molecule has 2 amide bonds. The number of ether oxygens (including phenoxy) is 4. The average molecular weight is 652 g/mol. The molecule has 2 aromatic carbocycles. The van der Waals surface area contributed by atoms with E-state index in [9.17, 15) is 9.59 Å². The molecule has 0 spiro atoms. The second-order valence-corrected chi connectivity index (χ2v) is 9.82. The molecule has 170 valence electrons. The van der Waals surface area contributed by atoms with Crippen molar-refractivity contribution in [1.82, 2.24) is 5.32 Å². The Bertz CT molecular complexity index is 1140. The molecule has 7 nitrogen and oxygen atoms in total. The fourth-order valence-corrected chi connectivity index (χ4v) is 5.62. The molecule has 0 aliphatic carbocycles. The van der Waals surface area contributed by atoms with Crippen LogP contribution < -0.4 is 24.3 Å². The van der Waals surface area contributed by atoms with Gasteiger partial charge in [0.2, 0.25) is 0 Å². The number of methoxy groups -OCH3 is 4. The molecule has 0 unspecified atom stereocenters. The molecule has 0 bridgehead atoms.